The van der Waals surface area contributed by atoms with Crippen molar-refractivity contribution in [3.05, 3.63) is 30.2 Å². The molecule has 126 valence electrons. The summed E-state index contributed by atoms with van der Waals surface area (Å²) in [5, 5.41) is 5.03. The van der Waals surface area contributed by atoms with Crippen molar-refractivity contribution in [2.45, 2.75) is 27.2 Å². The second kappa shape index (κ2) is 6.86. The minimum Gasteiger partial charge on any atom is -0.497 e. The number of pyridine rings is 1. The molecule has 0 spiro atoms. The Morgan fingerprint density at radius 2 is 2.00 bits per heavy atom. The van der Waals surface area contributed by atoms with E-state index in [-0.39, 0.29) is 0 Å². The van der Waals surface area contributed by atoms with Gasteiger partial charge in [0.05, 0.1) is 24.8 Å². The van der Waals surface area contributed by atoms with Gasteiger partial charge < -0.3 is 14.0 Å². The molecule has 0 aliphatic carbocycles. The second-order valence-corrected chi connectivity index (χ2v) is 5.94. The fourth-order valence-corrected chi connectivity index (χ4v) is 2.47. The van der Waals surface area contributed by atoms with Crippen LogP contribution in [0.25, 0.3) is 22.3 Å². The van der Waals surface area contributed by atoms with Crippen LogP contribution in [0.3, 0.4) is 0 Å². The Bertz CT molecular complexity index is 843. The van der Waals surface area contributed by atoms with Gasteiger partial charge in [0.1, 0.15) is 5.75 Å². The van der Waals surface area contributed by atoms with Crippen LogP contribution in [0.1, 0.15) is 26.7 Å². The number of fused-ring (bicyclic) bond motifs is 1. The quantitative estimate of drug-likeness (QED) is 0.684. The molecule has 1 aromatic carbocycles. The van der Waals surface area contributed by atoms with Gasteiger partial charge in [-0.15, -0.1) is 0 Å². The third kappa shape index (κ3) is 3.32. The highest BCUT2D eigenvalue weighted by Crippen LogP contribution is 2.31. The van der Waals surface area contributed by atoms with Crippen molar-refractivity contribution >= 4 is 10.9 Å². The molecule has 0 saturated heterocycles. The Balaban J connectivity index is 2.09. The number of methoxy groups -OCH3 is 1. The van der Waals surface area contributed by atoms with Gasteiger partial charge in [0.25, 0.3) is 0 Å². The third-order valence-electron chi connectivity index (χ3n) is 3.56. The van der Waals surface area contributed by atoms with E-state index in [2.05, 4.69) is 29.0 Å². The smallest absolute Gasteiger partial charge is 0.227 e. The van der Waals surface area contributed by atoms with Crippen molar-refractivity contribution in [1.82, 2.24) is 15.1 Å². The summed E-state index contributed by atoms with van der Waals surface area (Å²) in [6.45, 7) is 6.65. The van der Waals surface area contributed by atoms with Crippen molar-refractivity contribution in [3.8, 4) is 23.0 Å². The molecule has 0 fully saturated rings. The number of hydrogen-bond acceptors (Lipinski definition) is 6. The van der Waals surface area contributed by atoms with Crippen LogP contribution in [0.5, 0.6) is 11.6 Å². The van der Waals surface area contributed by atoms with Crippen molar-refractivity contribution in [3.63, 3.8) is 0 Å². The van der Waals surface area contributed by atoms with Crippen molar-refractivity contribution < 1.29 is 14.0 Å². The summed E-state index contributed by atoms with van der Waals surface area (Å²) in [5.41, 5.74) is 1.55. The Morgan fingerprint density at radius 3 is 2.71 bits per heavy atom. The maximum Gasteiger partial charge on any atom is 0.227 e. The van der Waals surface area contributed by atoms with Gasteiger partial charge in [0.2, 0.25) is 17.6 Å². The van der Waals surface area contributed by atoms with Gasteiger partial charge in [-0.3, -0.25) is 0 Å². The summed E-state index contributed by atoms with van der Waals surface area (Å²) in [7, 11) is 1.64. The lowest BCUT2D eigenvalue weighted by atomic mass is 10.1. The molecular formula is C18H21N3O3. The maximum absolute atomic E-state index is 5.68. The number of benzene rings is 1. The van der Waals surface area contributed by atoms with Gasteiger partial charge in [0.15, 0.2) is 0 Å². The predicted molar refractivity (Wildman–Crippen MR) is 91.3 cm³/mol. The topological polar surface area (TPSA) is 70.3 Å². The molecule has 0 bridgehead atoms. The monoisotopic (exact) mass is 327 g/mol. The average molecular weight is 327 g/mol. The summed E-state index contributed by atoms with van der Waals surface area (Å²) < 4.78 is 16.3. The SMILES string of the molecule is CCOc1nc2ccc(OC)cc2cc1-c1noc(CC(C)C)n1. The molecule has 0 aliphatic rings. The molecule has 0 radical (unpaired) electrons. The van der Waals surface area contributed by atoms with Crippen LogP contribution < -0.4 is 9.47 Å². The molecule has 6 nitrogen and oxygen atoms in total. The molecular weight excluding hydrogens is 306 g/mol. The molecule has 0 atom stereocenters. The number of aromatic nitrogens is 3. The standard InChI is InChI=1S/C18H21N3O3/c1-5-23-18-14(17-20-16(24-21-17)8-11(2)3)10-12-9-13(22-4)6-7-15(12)19-18/h6-7,9-11H,5,8H2,1-4H3. The normalized spacial score (nSPS) is 11.2. The van der Waals surface area contributed by atoms with Crippen LogP contribution in [0.4, 0.5) is 0 Å². The summed E-state index contributed by atoms with van der Waals surface area (Å²) >= 11 is 0. The van der Waals surface area contributed by atoms with Gasteiger partial charge in [-0.2, -0.15) is 4.98 Å². The van der Waals surface area contributed by atoms with Crippen LogP contribution in [0.2, 0.25) is 0 Å². The van der Waals surface area contributed by atoms with Crippen LogP contribution in [-0.4, -0.2) is 28.8 Å². The molecule has 3 rings (SSSR count). The summed E-state index contributed by atoms with van der Waals surface area (Å²) in [4.78, 5) is 9.07. The van der Waals surface area contributed by atoms with Crippen LogP contribution in [0.15, 0.2) is 28.8 Å². The average Bonchev–Trinajstić information content (AvgIpc) is 3.01. The van der Waals surface area contributed by atoms with Gasteiger partial charge in [-0.05, 0) is 37.1 Å². The lowest BCUT2D eigenvalue weighted by Crippen LogP contribution is -1.99. The van der Waals surface area contributed by atoms with Gasteiger partial charge in [-0.1, -0.05) is 19.0 Å². The number of ether oxygens (including phenoxy) is 2. The van der Waals surface area contributed by atoms with E-state index in [0.717, 1.165) is 28.6 Å². The van der Waals surface area contributed by atoms with Gasteiger partial charge >= 0.3 is 0 Å². The molecule has 0 unspecified atom stereocenters. The van der Waals surface area contributed by atoms with Crippen molar-refractivity contribution in [2.75, 3.05) is 13.7 Å². The van der Waals surface area contributed by atoms with E-state index in [1.807, 2.05) is 31.2 Å². The Kier molecular flexibility index (Phi) is 4.64. The number of hydrogen-bond donors (Lipinski definition) is 0. The second-order valence-electron chi connectivity index (χ2n) is 5.94. The molecule has 3 aromatic rings. The first-order valence-corrected chi connectivity index (χ1v) is 8.05. The molecule has 24 heavy (non-hydrogen) atoms. The highest BCUT2D eigenvalue weighted by Gasteiger charge is 2.17. The van der Waals surface area contributed by atoms with E-state index in [1.54, 1.807) is 7.11 Å². The van der Waals surface area contributed by atoms with Crippen LogP contribution in [0, 0.1) is 5.92 Å². The first-order valence-electron chi connectivity index (χ1n) is 8.05. The number of rotatable bonds is 6. The third-order valence-corrected chi connectivity index (χ3v) is 3.56. The largest absolute Gasteiger partial charge is 0.497 e. The zero-order chi connectivity index (χ0) is 17.1. The molecule has 2 heterocycles. The fraction of sp³-hybridized carbons (Fsp3) is 0.389. The summed E-state index contributed by atoms with van der Waals surface area (Å²) in [5.74, 6) is 2.84. The maximum atomic E-state index is 5.68. The number of nitrogens with zero attached hydrogens (tertiary/aromatic N) is 3. The molecule has 0 aliphatic heterocycles. The Hall–Kier alpha value is -2.63. The van der Waals surface area contributed by atoms with E-state index in [1.165, 1.54) is 0 Å². The molecule has 2 aromatic heterocycles. The minimum absolute atomic E-state index is 0.448. The highest BCUT2D eigenvalue weighted by molar-refractivity contribution is 5.86. The highest BCUT2D eigenvalue weighted by atomic mass is 16.5. The fourth-order valence-electron chi connectivity index (χ4n) is 2.47. The lowest BCUT2D eigenvalue weighted by molar-refractivity contribution is 0.328. The summed E-state index contributed by atoms with van der Waals surface area (Å²) in [6, 6.07) is 7.66. The summed E-state index contributed by atoms with van der Waals surface area (Å²) in [6.07, 6.45) is 0.742. The van der Waals surface area contributed by atoms with E-state index < -0.39 is 0 Å². The van der Waals surface area contributed by atoms with Crippen LogP contribution >= 0.6 is 0 Å². The van der Waals surface area contributed by atoms with Gasteiger partial charge in [-0.25, -0.2) is 4.98 Å². The van der Waals surface area contributed by atoms with Crippen molar-refractivity contribution in [1.29, 1.82) is 0 Å². The van der Waals surface area contributed by atoms with Crippen LogP contribution in [-0.2, 0) is 6.42 Å². The predicted octanol–water partition coefficient (Wildman–Crippen LogP) is 3.89. The Labute approximate surface area is 140 Å². The first kappa shape index (κ1) is 16.2. The Morgan fingerprint density at radius 1 is 1.17 bits per heavy atom. The van der Waals surface area contributed by atoms with E-state index in [0.29, 0.717) is 30.1 Å². The van der Waals surface area contributed by atoms with E-state index in [4.69, 9.17) is 14.0 Å². The molecule has 0 amide bonds. The molecule has 6 heteroatoms. The van der Waals surface area contributed by atoms with E-state index >= 15 is 0 Å². The first-order chi connectivity index (χ1) is 11.6. The van der Waals surface area contributed by atoms with E-state index in [9.17, 15) is 0 Å². The zero-order valence-corrected chi connectivity index (χ0v) is 14.4. The minimum atomic E-state index is 0.448. The van der Waals surface area contributed by atoms with Crippen molar-refractivity contribution in [2.24, 2.45) is 5.92 Å². The zero-order valence-electron chi connectivity index (χ0n) is 14.4. The lowest BCUT2D eigenvalue weighted by Gasteiger charge is -2.09. The molecule has 0 saturated carbocycles. The van der Waals surface area contributed by atoms with Gasteiger partial charge in [0, 0.05) is 11.8 Å². The molecule has 0 N–H and O–H groups in total.